The number of carbonyl (C=O) groups is 2. The van der Waals surface area contributed by atoms with Crippen molar-refractivity contribution in [3.05, 3.63) is 0 Å². The van der Waals surface area contributed by atoms with Crippen LogP contribution >= 0.6 is 0 Å². The molecule has 0 aromatic rings. The SMILES string of the molecule is CC(C)OC1(O)C(=O)C2CCCCC2C(=O)C1(O)OC(C)C. The van der Waals surface area contributed by atoms with E-state index in [2.05, 4.69) is 0 Å². The molecule has 0 amide bonds. The van der Waals surface area contributed by atoms with Crippen molar-refractivity contribution in [3.63, 3.8) is 0 Å². The van der Waals surface area contributed by atoms with Gasteiger partial charge in [0.15, 0.2) is 0 Å². The van der Waals surface area contributed by atoms with Crippen LogP contribution in [0.2, 0.25) is 0 Å². The molecule has 2 N–H and O–H groups in total. The molecule has 0 aromatic carbocycles. The molecule has 2 fully saturated rings. The van der Waals surface area contributed by atoms with Gasteiger partial charge < -0.3 is 19.7 Å². The largest absolute Gasteiger partial charge is 0.355 e. The highest BCUT2D eigenvalue weighted by Gasteiger charge is 2.70. The van der Waals surface area contributed by atoms with Gasteiger partial charge in [-0.15, -0.1) is 0 Å². The predicted molar refractivity (Wildman–Crippen MR) is 77.8 cm³/mol. The maximum absolute atomic E-state index is 12.8. The van der Waals surface area contributed by atoms with E-state index in [4.69, 9.17) is 9.47 Å². The summed E-state index contributed by atoms with van der Waals surface area (Å²) in [5.74, 6) is -7.81. The number of carbonyl (C=O) groups excluding carboxylic acids is 2. The van der Waals surface area contributed by atoms with Crippen molar-refractivity contribution in [2.75, 3.05) is 0 Å². The lowest BCUT2D eigenvalue weighted by molar-refractivity contribution is -0.370. The average Bonchev–Trinajstić information content (AvgIpc) is 2.42. The van der Waals surface area contributed by atoms with Crippen molar-refractivity contribution in [3.8, 4) is 0 Å². The summed E-state index contributed by atoms with van der Waals surface area (Å²) in [6.07, 6.45) is 1.59. The summed E-state index contributed by atoms with van der Waals surface area (Å²) in [7, 11) is 0. The Bertz CT molecular complexity index is 418. The van der Waals surface area contributed by atoms with E-state index < -0.39 is 47.2 Å². The van der Waals surface area contributed by atoms with Gasteiger partial charge in [0.1, 0.15) is 0 Å². The van der Waals surface area contributed by atoms with Gasteiger partial charge in [-0.25, -0.2) is 0 Å². The number of aliphatic hydroxyl groups is 2. The number of hydrogen-bond donors (Lipinski definition) is 2. The Hall–Kier alpha value is -0.820. The lowest BCUT2D eigenvalue weighted by Crippen LogP contribution is -2.74. The number of Topliss-reactive ketones (excluding diaryl/α,β-unsaturated/α-hetero) is 2. The number of ether oxygens (including phenoxy) is 2. The fourth-order valence-electron chi connectivity index (χ4n) is 3.55. The fourth-order valence-corrected chi connectivity index (χ4v) is 3.55. The van der Waals surface area contributed by atoms with E-state index in [1.54, 1.807) is 27.7 Å². The first-order chi connectivity index (χ1) is 10.1. The zero-order valence-corrected chi connectivity index (χ0v) is 13.7. The molecule has 0 saturated heterocycles. The predicted octanol–water partition coefficient (Wildman–Crippen LogP) is 1.17. The Kier molecular flexibility index (Phi) is 4.78. The minimum Gasteiger partial charge on any atom is -0.355 e. The summed E-state index contributed by atoms with van der Waals surface area (Å²) in [5.41, 5.74) is 0. The summed E-state index contributed by atoms with van der Waals surface area (Å²) < 4.78 is 10.7. The summed E-state index contributed by atoms with van der Waals surface area (Å²) in [4.78, 5) is 25.6. The topological polar surface area (TPSA) is 93.1 Å². The third-order valence-corrected chi connectivity index (χ3v) is 4.38. The van der Waals surface area contributed by atoms with Crippen LogP contribution in [0, 0.1) is 11.8 Å². The molecule has 2 aliphatic rings. The van der Waals surface area contributed by atoms with Crippen molar-refractivity contribution < 1.29 is 29.3 Å². The molecule has 22 heavy (non-hydrogen) atoms. The van der Waals surface area contributed by atoms with Gasteiger partial charge in [0.25, 0.3) is 11.6 Å². The monoisotopic (exact) mass is 314 g/mol. The van der Waals surface area contributed by atoms with Crippen molar-refractivity contribution in [1.29, 1.82) is 0 Å². The molecule has 126 valence electrons. The van der Waals surface area contributed by atoms with Gasteiger partial charge in [-0.1, -0.05) is 12.8 Å². The molecule has 4 unspecified atom stereocenters. The number of fused-ring (bicyclic) bond motifs is 1. The van der Waals surface area contributed by atoms with E-state index in [-0.39, 0.29) is 0 Å². The molecule has 6 heteroatoms. The first-order valence-electron chi connectivity index (χ1n) is 8.02. The second-order valence-corrected chi connectivity index (χ2v) is 6.85. The molecular weight excluding hydrogens is 288 g/mol. The van der Waals surface area contributed by atoms with Crippen molar-refractivity contribution in [2.45, 2.75) is 77.2 Å². The standard InChI is InChI=1S/C16H26O6/c1-9(2)21-15(19)13(17)11-7-5-6-8-12(11)14(18)16(15,20)22-10(3)4/h9-12,19-20H,5-8H2,1-4H3. The fraction of sp³-hybridized carbons (Fsp3) is 0.875. The summed E-state index contributed by atoms with van der Waals surface area (Å²) in [6, 6.07) is 0. The Morgan fingerprint density at radius 3 is 1.45 bits per heavy atom. The summed E-state index contributed by atoms with van der Waals surface area (Å²) >= 11 is 0. The van der Waals surface area contributed by atoms with Gasteiger partial charge in [-0.05, 0) is 40.5 Å². The van der Waals surface area contributed by atoms with Gasteiger partial charge in [-0.2, -0.15) is 0 Å². The van der Waals surface area contributed by atoms with E-state index in [0.717, 1.165) is 12.8 Å². The zero-order chi connectivity index (χ0) is 16.7. The highest BCUT2D eigenvalue weighted by molar-refractivity contribution is 6.05. The van der Waals surface area contributed by atoms with Gasteiger partial charge in [0, 0.05) is 11.8 Å². The van der Waals surface area contributed by atoms with E-state index >= 15 is 0 Å². The average molecular weight is 314 g/mol. The lowest BCUT2D eigenvalue weighted by Gasteiger charge is -2.50. The third kappa shape index (κ3) is 2.62. The first-order valence-corrected chi connectivity index (χ1v) is 8.02. The molecule has 0 spiro atoms. The number of hydrogen-bond acceptors (Lipinski definition) is 6. The minimum atomic E-state index is -2.65. The molecule has 6 nitrogen and oxygen atoms in total. The van der Waals surface area contributed by atoms with Gasteiger partial charge in [-0.3, -0.25) is 9.59 Å². The molecule has 0 heterocycles. The normalized spacial score (nSPS) is 39.5. The van der Waals surface area contributed by atoms with Gasteiger partial charge in [0.05, 0.1) is 12.2 Å². The molecule has 2 rings (SSSR count). The van der Waals surface area contributed by atoms with Crippen molar-refractivity contribution in [1.82, 2.24) is 0 Å². The third-order valence-electron chi connectivity index (χ3n) is 4.38. The molecule has 0 aliphatic heterocycles. The number of rotatable bonds is 4. The Balaban J connectivity index is 2.49. The van der Waals surface area contributed by atoms with Crippen LogP contribution in [-0.2, 0) is 19.1 Å². The maximum Gasteiger partial charge on any atom is 0.291 e. The summed E-state index contributed by atoms with van der Waals surface area (Å²) in [5, 5.41) is 21.6. The summed E-state index contributed by atoms with van der Waals surface area (Å²) in [6.45, 7) is 6.49. The number of ketones is 2. The molecule has 4 atom stereocenters. The molecule has 0 bridgehead atoms. The van der Waals surface area contributed by atoms with E-state index in [0.29, 0.717) is 12.8 Å². The minimum absolute atomic E-state index is 0.525. The van der Waals surface area contributed by atoms with E-state index in [1.165, 1.54) is 0 Å². The van der Waals surface area contributed by atoms with Crippen LogP contribution in [0.5, 0.6) is 0 Å². The molecule has 0 radical (unpaired) electrons. The van der Waals surface area contributed by atoms with Gasteiger partial charge in [0.2, 0.25) is 11.6 Å². The van der Waals surface area contributed by atoms with Crippen LogP contribution in [0.1, 0.15) is 53.4 Å². The Morgan fingerprint density at radius 2 is 1.18 bits per heavy atom. The van der Waals surface area contributed by atoms with Crippen LogP contribution in [0.15, 0.2) is 0 Å². The smallest absolute Gasteiger partial charge is 0.291 e. The molecule has 2 saturated carbocycles. The van der Waals surface area contributed by atoms with E-state index in [1.807, 2.05) is 0 Å². The quantitative estimate of drug-likeness (QED) is 0.757. The van der Waals surface area contributed by atoms with Crippen molar-refractivity contribution in [2.24, 2.45) is 11.8 Å². The van der Waals surface area contributed by atoms with Crippen LogP contribution < -0.4 is 0 Å². The lowest BCUT2D eigenvalue weighted by atomic mass is 9.64. The highest BCUT2D eigenvalue weighted by Crippen LogP contribution is 2.46. The second kappa shape index (κ2) is 6.00. The van der Waals surface area contributed by atoms with Crippen molar-refractivity contribution >= 4 is 11.6 Å². The Morgan fingerprint density at radius 1 is 0.864 bits per heavy atom. The van der Waals surface area contributed by atoms with Crippen LogP contribution in [-0.4, -0.2) is 45.6 Å². The maximum atomic E-state index is 12.8. The van der Waals surface area contributed by atoms with Crippen LogP contribution in [0.4, 0.5) is 0 Å². The molecular formula is C16H26O6. The van der Waals surface area contributed by atoms with Gasteiger partial charge >= 0.3 is 0 Å². The second-order valence-electron chi connectivity index (χ2n) is 6.85. The molecule has 0 aromatic heterocycles. The zero-order valence-electron chi connectivity index (χ0n) is 13.7. The highest BCUT2D eigenvalue weighted by atomic mass is 16.7. The van der Waals surface area contributed by atoms with E-state index in [9.17, 15) is 19.8 Å². The Labute approximate surface area is 130 Å². The van der Waals surface area contributed by atoms with Crippen LogP contribution in [0.3, 0.4) is 0 Å². The van der Waals surface area contributed by atoms with Crippen LogP contribution in [0.25, 0.3) is 0 Å². The first kappa shape index (κ1) is 17.5. The molecule has 2 aliphatic carbocycles.